The predicted octanol–water partition coefficient (Wildman–Crippen LogP) is 10.1. The Labute approximate surface area is 539 Å². The minimum Gasteiger partial charge on any atom is -0.394 e. The molecule has 456 valence electrons. The van der Waals surface area contributed by atoms with Gasteiger partial charge >= 0.3 is 50.5 Å². The fourth-order valence-corrected chi connectivity index (χ4v) is 8.20. The molecule has 0 aromatic carbocycles. The van der Waals surface area contributed by atoms with E-state index in [9.17, 15) is 5.11 Å². The molecule has 0 amide bonds. The Morgan fingerprint density at radius 3 is 1.32 bits per heavy atom. The first-order valence-corrected chi connectivity index (χ1v) is 48.1. The second-order valence-corrected chi connectivity index (χ2v) is 36.6. The molecule has 0 aliphatic carbocycles. The predicted molar refractivity (Wildman–Crippen MR) is 370 cm³/mol. The molecule has 18 heteroatoms. The van der Waals surface area contributed by atoms with E-state index in [0.29, 0.717) is 19.8 Å². The van der Waals surface area contributed by atoms with Gasteiger partial charge in [0.15, 0.2) is 0 Å². The van der Waals surface area contributed by atoms with Gasteiger partial charge in [-0.3, -0.25) is 9.80 Å². The number of aliphatic hydroxyl groups is 3. The number of likely N-dealkylation sites (N-methyl/N-ethyl adjacent to an activating group) is 3. The molecular formula is C58H115I6N6O6-. The van der Waals surface area contributed by atoms with Crippen molar-refractivity contribution < 1.29 is 42.8 Å². The minimum absolute atomic E-state index is 0. The third-order valence-corrected chi connectivity index (χ3v) is 13.3. The van der Waals surface area contributed by atoms with E-state index in [0.717, 1.165) is 111 Å². The number of aliphatic hydroxyl groups excluding tert-OH is 3. The number of epoxide rings is 1. The van der Waals surface area contributed by atoms with Crippen LogP contribution in [-0.4, -0.2) is 211 Å². The quantitative estimate of drug-likeness (QED) is 0.0205. The van der Waals surface area contributed by atoms with Crippen molar-refractivity contribution in [2.75, 3.05) is 152 Å². The molecule has 4 N–H and O–H groups in total. The normalized spacial score (nSPS) is 18.4. The van der Waals surface area contributed by atoms with Crippen molar-refractivity contribution in [3.05, 3.63) is 48.6 Å². The van der Waals surface area contributed by atoms with Crippen LogP contribution < -0.4 is 18.6 Å². The van der Waals surface area contributed by atoms with Crippen molar-refractivity contribution in [1.29, 1.82) is 0 Å². The molecule has 0 spiro atoms. The summed E-state index contributed by atoms with van der Waals surface area (Å²) >= 11 is 9.54. The number of unbranched alkanes of at least 4 members (excludes halogenated alkanes) is 16. The molecule has 0 radical (unpaired) electrons. The van der Waals surface area contributed by atoms with E-state index in [2.05, 4.69) is 193 Å². The van der Waals surface area contributed by atoms with Crippen LogP contribution in [0.2, 0.25) is 0 Å². The van der Waals surface area contributed by atoms with Gasteiger partial charge in [-0.15, -0.1) is 24.0 Å². The van der Waals surface area contributed by atoms with Gasteiger partial charge < -0.3 is 49.5 Å². The molecule has 12 nitrogen and oxygen atoms in total. The van der Waals surface area contributed by atoms with Crippen LogP contribution in [0.25, 0.3) is 0 Å². The van der Waals surface area contributed by atoms with Gasteiger partial charge in [-0.05, 0) is 98.2 Å². The first-order valence-electron chi connectivity index (χ1n) is 29.3. The van der Waals surface area contributed by atoms with Gasteiger partial charge in [0, 0.05) is 142 Å². The van der Waals surface area contributed by atoms with E-state index >= 15 is 0 Å². The maximum atomic E-state index is 9.17. The number of nitrogens with one attached hydrogen (secondary N) is 1. The van der Waals surface area contributed by atoms with Crippen LogP contribution in [0.3, 0.4) is 0 Å². The third kappa shape index (κ3) is 64.4. The zero-order valence-corrected chi connectivity index (χ0v) is 61.8. The smallest absolute Gasteiger partial charge is 0.104 e. The van der Waals surface area contributed by atoms with E-state index in [1.165, 1.54) is 142 Å². The minimum atomic E-state index is -0.576. The molecule has 4 rings (SSSR count). The number of allylic oxidation sites excluding steroid dienone is 8. The number of nitrogens with zero attached hydrogens (tertiary/aromatic N) is 5. The zero-order valence-electron chi connectivity index (χ0n) is 48.6. The summed E-state index contributed by atoms with van der Waals surface area (Å²) in [6, 6.07) is 0. The van der Waals surface area contributed by atoms with E-state index in [-0.39, 0.29) is 49.4 Å². The third-order valence-electron chi connectivity index (χ3n) is 13.3. The summed E-state index contributed by atoms with van der Waals surface area (Å²) in [5.41, 5.74) is 0. The van der Waals surface area contributed by atoms with Gasteiger partial charge in [-0.2, -0.15) is 0 Å². The Morgan fingerprint density at radius 2 is 0.947 bits per heavy atom. The Kier molecular flexibility index (Phi) is 75.0. The van der Waals surface area contributed by atoms with Crippen molar-refractivity contribution in [3.8, 4) is 0 Å². The van der Waals surface area contributed by atoms with Gasteiger partial charge in [-0.1, -0.05) is 127 Å². The Bertz CT molecular complexity index is 1230. The average Bonchev–Trinajstić information content (AvgIpc) is 4.27. The molecule has 0 bridgehead atoms. The number of β-amino-alcohol motifs (C(OH)–C–C–N with tert-alkyl or cyclic N) is 1. The van der Waals surface area contributed by atoms with E-state index in [4.69, 9.17) is 19.7 Å². The standard InChI is InChI=1S/C42H78N2O2.C8H18N2O2.C5H12N2.C3H6O2.I3.I2.HI/c1-4-6-8-10-12-14-16-18-20-22-24-26-28-30-32-38-45-41-42(40-44-36-34-43(3)35-37-44)46-39-33-31-29-27-25-23-21-19-17-15-13-11-9-7-5-2;1-9-2-4-10(5-3-9)6-8(12)7-11;1-7-4-2-6-3-5-7;4-1-3-2-5-3;1-3-2;1-2;/h12-15,18-21,42H,4-11,16-17,22-41H2,1-3H3;8,11-12H,2-7H2,1H3;6H,2-5H2,1H3;3-4H,1-2H2;;;1H/q;;;;-1;;/b14-12-,15-13-,20-18-,21-19-;;;;;;. The van der Waals surface area contributed by atoms with Crippen LogP contribution in [0.5, 0.6) is 0 Å². The number of hydrogen-bond acceptors (Lipinski definition) is 12. The second kappa shape index (κ2) is 68.6. The van der Waals surface area contributed by atoms with Gasteiger partial charge in [0.25, 0.3) is 0 Å². The number of hydrogen-bond donors (Lipinski definition) is 4. The van der Waals surface area contributed by atoms with Crippen LogP contribution in [0.15, 0.2) is 48.6 Å². The summed E-state index contributed by atoms with van der Waals surface area (Å²) in [5, 5.41) is 29.2. The zero-order chi connectivity index (χ0) is 55.5. The van der Waals surface area contributed by atoms with Crippen LogP contribution in [-0.2, 0) is 14.2 Å². The average molecular weight is 1750 g/mol. The molecule has 0 aromatic rings. The largest absolute Gasteiger partial charge is 0.394 e. The summed E-state index contributed by atoms with van der Waals surface area (Å²) in [7, 11) is 6.48. The maximum absolute atomic E-state index is 9.17. The monoisotopic (exact) mass is 1750 g/mol. The van der Waals surface area contributed by atoms with Gasteiger partial charge in [0.1, 0.15) is 6.10 Å². The summed E-state index contributed by atoms with van der Waals surface area (Å²) in [6.45, 7) is 22.9. The van der Waals surface area contributed by atoms with Crippen LogP contribution >= 0.6 is 98.4 Å². The molecule has 3 atom stereocenters. The second-order valence-electron chi connectivity index (χ2n) is 20.3. The Hall–Kier alpha value is 2.86. The maximum Gasteiger partial charge on any atom is 0.104 e. The van der Waals surface area contributed by atoms with E-state index in [1.807, 2.05) is 0 Å². The molecular weight excluding hydrogens is 1640 g/mol. The Morgan fingerprint density at radius 1 is 0.566 bits per heavy atom. The first-order chi connectivity index (χ1) is 36.7. The van der Waals surface area contributed by atoms with Crippen molar-refractivity contribution in [3.63, 3.8) is 0 Å². The fraction of sp³-hybridized carbons (Fsp3) is 0.862. The molecule has 76 heavy (non-hydrogen) atoms. The molecule has 3 unspecified atom stereocenters. The van der Waals surface area contributed by atoms with Gasteiger partial charge in [-0.25, -0.2) is 0 Å². The molecule has 4 heterocycles. The summed E-state index contributed by atoms with van der Waals surface area (Å²) in [6.07, 6.45) is 46.5. The van der Waals surface area contributed by atoms with Crippen molar-refractivity contribution in [2.45, 2.75) is 173 Å². The molecule has 4 saturated heterocycles. The summed E-state index contributed by atoms with van der Waals surface area (Å²) < 4.78 is 17.2. The fourth-order valence-electron chi connectivity index (χ4n) is 8.20. The van der Waals surface area contributed by atoms with Crippen molar-refractivity contribution in [1.82, 2.24) is 29.8 Å². The van der Waals surface area contributed by atoms with Crippen LogP contribution in [0, 0.1) is 0 Å². The molecule has 4 fully saturated rings. The number of rotatable bonds is 37. The van der Waals surface area contributed by atoms with Gasteiger partial charge in [0.05, 0.1) is 38.6 Å². The number of ether oxygens (including phenoxy) is 3. The SMILES string of the molecule is CCCCC/C=C\C/C=C\CCCCCCCOCC(CN1CCN(C)CC1)OCCCCCCC/C=C\C/C=C\CCCCC.CN1CCN(CC(O)CO)CC1.CN1CCNCC1.I.II.I[I-]I.OCC1CO1. The molecule has 0 saturated carbocycles. The van der Waals surface area contributed by atoms with E-state index < -0.39 is 6.10 Å². The molecule has 4 aliphatic heterocycles. The first kappa shape index (κ1) is 83.1. The number of halogens is 6. The molecule has 4 aliphatic rings. The van der Waals surface area contributed by atoms with Crippen molar-refractivity contribution in [2.24, 2.45) is 0 Å². The van der Waals surface area contributed by atoms with E-state index in [1.54, 1.807) is 0 Å². The van der Waals surface area contributed by atoms with Crippen molar-refractivity contribution >= 4 is 98.4 Å². The topological polar surface area (TPSA) is 120 Å². The van der Waals surface area contributed by atoms with Gasteiger partial charge in [0.2, 0.25) is 0 Å². The summed E-state index contributed by atoms with van der Waals surface area (Å²) in [5.74, 6) is 0. The summed E-state index contributed by atoms with van der Waals surface area (Å²) in [4.78, 5) is 11.8. The van der Waals surface area contributed by atoms with Crippen LogP contribution in [0.1, 0.15) is 155 Å². The number of piperazine rings is 3. The molecule has 0 aromatic heterocycles. The van der Waals surface area contributed by atoms with Crippen LogP contribution in [0.4, 0.5) is 0 Å². The Balaban J connectivity index is -0.00000141.